The molecule has 0 bridgehead atoms. The summed E-state index contributed by atoms with van der Waals surface area (Å²) in [6.45, 7) is 8.74. The minimum atomic E-state index is -2.12. The number of benzene rings is 1. The molecule has 0 saturated carbocycles. The number of primary amides is 1. The molecule has 11 nitrogen and oxygen atoms in total. The first-order chi connectivity index (χ1) is 18.1. The molecule has 3 aromatic rings. The lowest BCUT2D eigenvalue weighted by Crippen LogP contribution is -2.56. The van der Waals surface area contributed by atoms with Crippen LogP contribution in [-0.4, -0.2) is 57.7 Å². The summed E-state index contributed by atoms with van der Waals surface area (Å²) in [4.78, 5) is 41.7. The zero-order chi connectivity index (χ0) is 27.5. The first kappa shape index (κ1) is 26.9. The van der Waals surface area contributed by atoms with Crippen LogP contribution in [0.1, 0.15) is 26.6 Å². The van der Waals surface area contributed by atoms with Gasteiger partial charge in [0, 0.05) is 18.3 Å². The van der Waals surface area contributed by atoms with E-state index in [0.717, 1.165) is 0 Å². The van der Waals surface area contributed by atoms with Crippen LogP contribution in [0.5, 0.6) is 0 Å². The minimum Gasteiger partial charge on any atom is -0.462 e. The summed E-state index contributed by atoms with van der Waals surface area (Å²) in [6, 6.07) is 7.29. The van der Waals surface area contributed by atoms with E-state index in [1.165, 1.54) is 24.3 Å². The number of rotatable bonds is 9. The number of nitrogens with zero attached hydrogens (tertiary/aromatic N) is 3. The fourth-order valence-corrected chi connectivity index (χ4v) is 3.75. The molecule has 1 aliphatic heterocycles. The van der Waals surface area contributed by atoms with Crippen molar-refractivity contribution in [1.82, 2.24) is 19.9 Å². The number of nitrogens with two attached hydrogens (primary N) is 1. The maximum absolute atomic E-state index is 13.7. The number of carbonyl (C=O) groups is 2. The number of ether oxygens (including phenoxy) is 3. The third-order valence-electron chi connectivity index (χ3n) is 5.80. The molecule has 1 fully saturated rings. The predicted octanol–water partition coefficient (Wildman–Crippen LogP) is 2.91. The maximum atomic E-state index is 13.7. The van der Waals surface area contributed by atoms with Crippen molar-refractivity contribution in [3.8, 4) is 22.6 Å². The Bertz CT molecular complexity index is 1330. The summed E-state index contributed by atoms with van der Waals surface area (Å²) >= 11 is 0. The van der Waals surface area contributed by atoms with Crippen LogP contribution in [0.15, 0.2) is 49.2 Å². The van der Waals surface area contributed by atoms with Crippen LogP contribution in [0.25, 0.3) is 22.6 Å². The van der Waals surface area contributed by atoms with Gasteiger partial charge in [0.15, 0.2) is 5.82 Å². The fourth-order valence-electron chi connectivity index (χ4n) is 3.75. The highest BCUT2D eigenvalue weighted by Crippen LogP contribution is 2.39. The molecule has 0 radical (unpaired) electrons. The van der Waals surface area contributed by atoms with Gasteiger partial charge in [-0.05, 0) is 51.1 Å². The van der Waals surface area contributed by atoms with Gasteiger partial charge >= 0.3 is 11.8 Å². The number of amides is 1. The molecule has 12 heteroatoms. The van der Waals surface area contributed by atoms with E-state index in [2.05, 4.69) is 31.8 Å². The summed E-state index contributed by atoms with van der Waals surface area (Å²) in [6.07, 6.45) is 2.87. The van der Waals surface area contributed by atoms with Gasteiger partial charge < -0.3 is 30.2 Å². The predicted molar refractivity (Wildman–Crippen MR) is 136 cm³/mol. The Balaban J connectivity index is 1.77. The van der Waals surface area contributed by atoms with E-state index in [4.69, 9.17) is 19.9 Å². The van der Waals surface area contributed by atoms with Crippen molar-refractivity contribution < 1.29 is 28.2 Å². The van der Waals surface area contributed by atoms with E-state index < -0.39 is 28.9 Å². The van der Waals surface area contributed by atoms with Gasteiger partial charge in [-0.3, -0.25) is 9.59 Å². The van der Waals surface area contributed by atoms with Crippen LogP contribution in [-0.2, 0) is 29.6 Å². The van der Waals surface area contributed by atoms with Crippen LogP contribution in [0.4, 0.5) is 10.3 Å². The van der Waals surface area contributed by atoms with Gasteiger partial charge in [-0.25, -0.2) is 19.3 Å². The van der Waals surface area contributed by atoms with Gasteiger partial charge in [-0.1, -0.05) is 6.08 Å². The average molecular weight is 525 g/mol. The smallest absolute Gasteiger partial charge is 0.316 e. The minimum absolute atomic E-state index is 0.0576. The lowest BCUT2D eigenvalue weighted by molar-refractivity contribution is -0.294. The molecule has 38 heavy (non-hydrogen) atoms. The molecule has 3 heterocycles. The summed E-state index contributed by atoms with van der Waals surface area (Å²) in [5.74, 6) is -3.78. The Morgan fingerprint density at radius 3 is 2.53 bits per heavy atom. The number of hydrogen-bond donors (Lipinski definition) is 3. The molecule has 0 aliphatic carbocycles. The number of aromatic nitrogens is 4. The number of carbonyl (C=O) groups excluding carboxylic acids is 2. The number of esters is 1. The summed E-state index contributed by atoms with van der Waals surface area (Å²) in [7, 11) is 0. The van der Waals surface area contributed by atoms with Crippen molar-refractivity contribution in [2.45, 2.75) is 32.7 Å². The number of hydrogen-bond acceptors (Lipinski definition) is 9. The Labute approximate surface area is 218 Å². The van der Waals surface area contributed by atoms with E-state index in [1.54, 1.807) is 39.1 Å². The number of halogens is 1. The molecule has 1 aliphatic rings. The highest BCUT2D eigenvalue weighted by Gasteiger charge is 2.54. The van der Waals surface area contributed by atoms with E-state index in [1.807, 2.05) is 0 Å². The molecule has 200 valence electrons. The van der Waals surface area contributed by atoms with Gasteiger partial charge in [0.25, 0.3) is 5.91 Å². The monoisotopic (exact) mass is 524 g/mol. The standard InChI is InChI=1S/C26H29FN6O5/c1-5-11-29-24-30-12-10-18(31-24)20-19(16-6-8-17(27)9-7-16)32-22(33-20)26(21(28)34)36-13-25(4,14-37-26)23(35)38-15(2)3/h5-10,12,15H,1,11,13-14H2,2-4H3,(H2,28,34)(H,32,33)(H,29,30,31). The number of aromatic amines is 1. The Hall–Kier alpha value is -4.16. The van der Waals surface area contributed by atoms with Crippen molar-refractivity contribution in [2.75, 3.05) is 25.1 Å². The normalized spacial score (nSPS) is 21.2. The molecule has 4 rings (SSSR count). The van der Waals surface area contributed by atoms with E-state index in [9.17, 15) is 14.0 Å². The van der Waals surface area contributed by atoms with Crippen molar-refractivity contribution >= 4 is 17.8 Å². The molecule has 0 unspecified atom stereocenters. The van der Waals surface area contributed by atoms with E-state index in [-0.39, 0.29) is 25.1 Å². The number of imidazole rings is 1. The molecule has 2 aromatic heterocycles. The zero-order valence-electron chi connectivity index (χ0n) is 21.3. The number of H-pyrrole nitrogens is 1. The first-order valence-electron chi connectivity index (χ1n) is 11.9. The Morgan fingerprint density at radius 2 is 1.92 bits per heavy atom. The van der Waals surface area contributed by atoms with Gasteiger partial charge in [-0.15, -0.1) is 6.58 Å². The molecule has 0 spiro atoms. The first-order valence-corrected chi connectivity index (χ1v) is 11.9. The van der Waals surface area contributed by atoms with Crippen LogP contribution in [0.2, 0.25) is 0 Å². The lowest BCUT2D eigenvalue weighted by atomic mass is 9.91. The van der Waals surface area contributed by atoms with Gasteiger partial charge in [0.2, 0.25) is 5.95 Å². The molecule has 4 N–H and O–H groups in total. The van der Waals surface area contributed by atoms with Crippen LogP contribution in [0, 0.1) is 11.2 Å². The Morgan fingerprint density at radius 1 is 1.24 bits per heavy atom. The topological polar surface area (TPSA) is 154 Å². The Kier molecular flexibility index (Phi) is 7.56. The zero-order valence-corrected chi connectivity index (χ0v) is 21.3. The second-order valence-electron chi connectivity index (χ2n) is 9.32. The summed E-state index contributed by atoms with van der Waals surface area (Å²) < 4.78 is 30.7. The average Bonchev–Trinajstić information content (AvgIpc) is 3.34. The third kappa shape index (κ3) is 5.27. The quantitative estimate of drug-likeness (QED) is 0.283. The maximum Gasteiger partial charge on any atom is 0.316 e. The number of nitrogens with one attached hydrogen (secondary N) is 2. The molecular weight excluding hydrogens is 495 g/mol. The SMILES string of the molecule is C=CCNc1nccc(-c2[nH]c(C3(C(N)=O)OCC(C)(C(=O)OC(C)C)CO3)nc2-c2ccc(F)cc2)n1. The van der Waals surface area contributed by atoms with Crippen LogP contribution < -0.4 is 11.1 Å². The highest BCUT2D eigenvalue weighted by atomic mass is 19.1. The third-order valence-corrected chi connectivity index (χ3v) is 5.80. The van der Waals surface area contributed by atoms with Crippen molar-refractivity contribution in [3.05, 3.63) is 60.8 Å². The van der Waals surface area contributed by atoms with Crippen molar-refractivity contribution in [2.24, 2.45) is 11.1 Å². The molecule has 1 aromatic carbocycles. The number of anilines is 1. The highest BCUT2D eigenvalue weighted by molar-refractivity contribution is 5.85. The van der Waals surface area contributed by atoms with Crippen molar-refractivity contribution in [3.63, 3.8) is 0 Å². The van der Waals surface area contributed by atoms with Gasteiger partial charge in [-0.2, -0.15) is 0 Å². The van der Waals surface area contributed by atoms with Crippen molar-refractivity contribution in [1.29, 1.82) is 0 Å². The molecule has 0 atom stereocenters. The second kappa shape index (κ2) is 10.7. The lowest BCUT2D eigenvalue weighted by Gasteiger charge is -2.40. The van der Waals surface area contributed by atoms with E-state index in [0.29, 0.717) is 35.1 Å². The summed E-state index contributed by atoms with van der Waals surface area (Å²) in [5.41, 5.74) is 6.27. The second-order valence-corrected chi connectivity index (χ2v) is 9.32. The molecule has 1 saturated heterocycles. The fraction of sp³-hybridized carbons (Fsp3) is 0.346. The molecule has 1 amide bonds. The van der Waals surface area contributed by atoms with Crippen LogP contribution >= 0.6 is 0 Å². The van der Waals surface area contributed by atoms with E-state index >= 15 is 0 Å². The largest absolute Gasteiger partial charge is 0.462 e. The van der Waals surface area contributed by atoms with Gasteiger partial charge in [0.05, 0.1) is 36.4 Å². The summed E-state index contributed by atoms with van der Waals surface area (Å²) in [5, 5.41) is 3.01. The molecular formula is C26H29FN6O5. The van der Waals surface area contributed by atoms with Crippen LogP contribution in [0.3, 0.4) is 0 Å². The van der Waals surface area contributed by atoms with Gasteiger partial charge in [0.1, 0.15) is 11.2 Å².